The highest BCUT2D eigenvalue weighted by molar-refractivity contribution is 7.23. The second-order valence-corrected chi connectivity index (χ2v) is 22.4. The van der Waals surface area contributed by atoms with Crippen LogP contribution in [0.5, 0.6) is 0 Å². The van der Waals surface area contributed by atoms with Gasteiger partial charge in [0.25, 0.3) is 0 Å². The van der Waals surface area contributed by atoms with Crippen LogP contribution in [-0.2, 0) is 0 Å². The first-order valence-electron chi connectivity index (χ1n) is 24.2. The molecule has 0 radical (unpaired) electrons. The highest BCUT2D eigenvalue weighted by Crippen LogP contribution is 2.46. The average Bonchev–Trinajstić information content (AvgIpc) is 4.09. The van der Waals surface area contributed by atoms with Crippen molar-refractivity contribution < 1.29 is 4.42 Å². The molecule has 0 aliphatic carbocycles. The van der Waals surface area contributed by atoms with Gasteiger partial charge in [0.1, 0.15) is 11.2 Å². The van der Waals surface area contributed by atoms with Crippen molar-refractivity contribution in [3.8, 4) is 50.7 Å². The molecule has 6 nitrogen and oxygen atoms in total. The molecule has 0 bridgehead atoms. The van der Waals surface area contributed by atoms with E-state index in [1.165, 1.54) is 64.6 Å². The topological polar surface area (TPSA) is 60.0 Å². The second-order valence-electron chi connectivity index (χ2n) is 18.8. The average molecular weight is 924 g/mol. The lowest BCUT2D eigenvalue weighted by molar-refractivity contribution is 0.669. The Morgan fingerprint density at radius 3 is 1.80 bits per heavy atom. The van der Waals surface area contributed by atoms with Gasteiger partial charge in [-0.15, -0.1) is 0 Å². The number of hydrogen-bond acceptors (Lipinski definition) is 5. The number of benzene rings is 10. The van der Waals surface area contributed by atoms with Gasteiger partial charge in [0.2, 0.25) is 5.95 Å². The Labute approximate surface area is 410 Å². The third-order valence-corrected chi connectivity index (χ3v) is 19.9. The van der Waals surface area contributed by atoms with Crippen molar-refractivity contribution in [1.29, 1.82) is 0 Å². The first-order chi connectivity index (χ1) is 35.1. The Morgan fingerprint density at radius 1 is 0.408 bits per heavy atom. The summed E-state index contributed by atoms with van der Waals surface area (Å²) in [5.74, 6) is 1.79. The van der Waals surface area contributed by atoms with Crippen LogP contribution in [0, 0.1) is 6.92 Å². The molecule has 10 aromatic carbocycles. The molecule has 0 saturated carbocycles. The Kier molecular flexibility index (Phi) is 8.50. The fourth-order valence-electron chi connectivity index (χ4n) is 11.9. The predicted octanol–water partition coefficient (Wildman–Crippen LogP) is 13.3. The molecule has 1 unspecified atom stereocenters. The van der Waals surface area contributed by atoms with Crippen LogP contribution in [0.4, 0.5) is 17.3 Å². The summed E-state index contributed by atoms with van der Waals surface area (Å²) >= 11 is 0. The summed E-state index contributed by atoms with van der Waals surface area (Å²) in [5, 5.41) is 10.0. The summed E-state index contributed by atoms with van der Waals surface area (Å²) in [7, 11) is -3.11. The van der Waals surface area contributed by atoms with E-state index in [9.17, 15) is 0 Å². The molecule has 0 N–H and O–H groups in total. The quantitative estimate of drug-likeness (QED) is 0.161. The summed E-state index contributed by atoms with van der Waals surface area (Å²) < 4.78 is 9.00. The van der Waals surface area contributed by atoms with E-state index >= 15 is 0 Å². The fourth-order valence-corrected chi connectivity index (χ4v) is 17.4. The molecular weight excluding hydrogens is 883 g/mol. The molecule has 2 aliphatic heterocycles. The van der Waals surface area contributed by atoms with Gasteiger partial charge >= 0.3 is 0 Å². The Bertz CT molecular complexity index is 4260. The van der Waals surface area contributed by atoms with Crippen LogP contribution in [0.15, 0.2) is 235 Å². The van der Waals surface area contributed by atoms with Crippen LogP contribution in [-0.4, -0.2) is 27.6 Å². The number of nitrogens with zero attached hydrogens (tertiary/aromatic N) is 5. The maximum absolute atomic E-state index is 6.61. The van der Waals surface area contributed by atoms with Crippen LogP contribution in [0.3, 0.4) is 0 Å². The van der Waals surface area contributed by atoms with Gasteiger partial charge in [-0.25, -0.2) is 4.98 Å². The van der Waals surface area contributed by atoms with E-state index in [1.807, 2.05) is 36.4 Å². The van der Waals surface area contributed by atoms with Gasteiger partial charge in [0, 0.05) is 44.0 Å². The van der Waals surface area contributed by atoms with Crippen molar-refractivity contribution in [2.75, 3.05) is 4.90 Å². The van der Waals surface area contributed by atoms with Gasteiger partial charge in [-0.3, -0.25) is 4.90 Å². The van der Waals surface area contributed by atoms with E-state index in [1.54, 1.807) is 0 Å². The summed E-state index contributed by atoms with van der Waals surface area (Å²) in [6, 6.07) is 83.4. The van der Waals surface area contributed by atoms with Gasteiger partial charge in [-0.05, 0) is 105 Å². The van der Waals surface area contributed by atoms with Crippen LogP contribution in [0.25, 0.3) is 94.5 Å². The number of fused-ring (bicyclic) bond motifs is 16. The number of para-hydroxylation sites is 3. The smallest absolute Gasteiger partial charge is 0.238 e. The monoisotopic (exact) mass is 923 g/mol. The molecule has 5 heterocycles. The number of hydrogen-bond donors (Lipinski definition) is 0. The molecule has 332 valence electrons. The van der Waals surface area contributed by atoms with E-state index in [-0.39, 0.29) is 0 Å². The number of furan rings is 1. The van der Waals surface area contributed by atoms with Gasteiger partial charge in [-0.1, -0.05) is 181 Å². The SMILES string of the molecule is Cc1ccc(-n2c3ccccc3c3cc(-c4ccc5c(c4)N(c4nc(-c6ccccc6)nc(-c6ccccc6)n4)c4ccccc4[Si]54c5ccccc5-c5c4ccc4oc6ccccc6c54)ccc32)cc1. The van der Waals surface area contributed by atoms with Crippen LogP contribution < -0.4 is 25.6 Å². The molecule has 1 atom stereocenters. The zero-order valence-corrected chi connectivity index (χ0v) is 39.6. The summed E-state index contributed by atoms with van der Waals surface area (Å²) in [5.41, 5.74) is 15.3. The van der Waals surface area contributed by atoms with E-state index < -0.39 is 8.07 Å². The largest absolute Gasteiger partial charge is 0.456 e. The zero-order valence-electron chi connectivity index (χ0n) is 38.6. The Morgan fingerprint density at radius 2 is 1.01 bits per heavy atom. The highest BCUT2D eigenvalue weighted by atomic mass is 28.3. The standard InChI is InChI=1S/C64H41N5OSi/c1-40-28-32-45(33-29-40)68-50-23-11-8-20-46(50)49-38-43(30-34-51(49)68)44-31-36-58-53(39-44)69(64-66-62(41-16-4-2-5-17-41)65-63(67-64)42-18-6-3-7-19-42)52-24-12-15-27-57(52)71(58)56-26-14-10-22-48(56)61-59(71)37-35-55-60(61)47-21-9-13-25-54(47)70-55/h2-39H,1H3. The van der Waals surface area contributed by atoms with Crippen molar-refractivity contribution in [3.63, 3.8) is 0 Å². The van der Waals surface area contributed by atoms with Crippen molar-refractivity contribution in [3.05, 3.63) is 236 Å². The number of aromatic nitrogens is 4. The Hall–Kier alpha value is -9.17. The maximum atomic E-state index is 6.61. The number of rotatable bonds is 5. The predicted molar refractivity (Wildman–Crippen MR) is 293 cm³/mol. The van der Waals surface area contributed by atoms with Gasteiger partial charge in [0.15, 0.2) is 19.7 Å². The highest BCUT2D eigenvalue weighted by Gasteiger charge is 2.55. The summed E-state index contributed by atoms with van der Waals surface area (Å²) in [4.78, 5) is 18.4. The minimum Gasteiger partial charge on any atom is -0.456 e. The molecular formula is C64H41N5OSi. The van der Waals surface area contributed by atoms with Gasteiger partial charge in [-0.2, -0.15) is 9.97 Å². The van der Waals surface area contributed by atoms with Crippen molar-refractivity contribution in [2.45, 2.75) is 6.92 Å². The van der Waals surface area contributed by atoms with Crippen LogP contribution >= 0.6 is 0 Å². The molecule has 1 spiro atoms. The number of aryl methyl sites for hydroxylation is 1. The molecule has 0 saturated heterocycles. The summed E-state index contributed by atoms with van der Waals surface area (Å²) in [6.07, 6.45) is 0. The van der Waals surface area contributed by atoms with E-state index in [0.717, 1.165) is 55.9 Å². The van der Waals surface area contributed by atoms with E-state index in [2.05, 4.69) is 211 Å². The molecule has 15 rings (SSSR count). The lowest BCUT2D eigenvalue weighted by Gasteiger charge is -2.43. The van der Waals surface area contributed by atoms with Crippen molar-refractivity contribution in [1.82, 2.24) is 19.5 Å². The third-order valence-electron chi connectivity index (χ3n) is 14.9. The first kappa shape index (κ1) is 39.8. The van der Waals surface area contributed by atoms with Crippen LogP contribution in [0.2, 0.25) is 0 Å². The molecule has 0 fully saturated rings. The Balaban J connectivity index is 1.03. The first-order valence-corrected chi connectivity index (χ1v) is 26.2. The molecule has 0 amide bonds. The number of anilines is 3. The normalized spacial score (nSPS) is 14.6. The lowest BCUT2D eigenvalue weighted by Crippen LogP contribution is -2.75. The van der Waals surface area contributed by atoms with Gasteiger partial charge in [0.05, 0.1) is 16.7 Å². The fraction of sp³-hybridized carbons (Fsp3) is 0.0156. The molecule has 3 aromatic heterocycles. The van der Waals surface area contributed by atoms with E-state index in [4.69, 9.17) is 19.4 Å². The maximum Gasteiger partial charge on any atom is 0.238 e. The van der Waals surface area contributed by atoms with Crippen molar-refractivity contribution >= 4 is 89.9 Å². The summed E-state index contributed by atoms with van der Waals surface area (Å²) in [6.45, 7) is 2.14. The molecule has 2 aliphatic rings. The minimum atomic E-state index is -3.11. The van der Waals surface area contributed by atoms with Crippen LogP contribution in [0.1, 0.15) is 5.56 Å². The molecule has 71 heavy (non-hydrogen) atoms. The van der Waals surface area contributed by atoms with E-state index in [0.29, 0.717) is 17.6 Å². The zero-order chi connectivity index (χ0) is 46.8. The molecule has 13 aromatic rings. The third kappa shape index (κ3) is 5.72. The molecule has 7 heteroatoms. The van der Waals surface area contributed by atoms with Gasteiger partial charge < -0.3 is 8.98 Å². The van der Waals surface area contributed by atoms with Crippen molar-refractivity contribution in [2.24, 2.45) is 0 Å². The lowest BCUT2D eigenvalue weighted by atomic mass is 10.00. The second kappa shape index (κ2) is 15.2. The minimum absolute atomic E-state index is 0.562.